The molecule has 23 heavy (non-hydrogen) atoms. The molecule has 2 rings (SSSR count). The summed E-state index contributed by atoms with van der Waals surface area (Å²) in [5.41, 5.74) is 0. The Kier molecular flexibility index (Phi) is 4.53. The van der Waals surface area contributed by atoms with Gasteiger partial charge in [-0.05, 0) is 27.7 Å². The van der Waals surface area contributed by atoms with Gasteiger partial charge in [0.25, 0.3) is 5.91 Å². The molecule has 3 amide bonds. The summed E-state index contributed by atoms with van der Waals surface area (Å²) in [6.07, 6.45) is 0. The summed E-state index contributed by atoms with van der Waals surface area (Å²) < 4.78 is 1.98. The number of likely N-dealkylation sites (N-methyl/N-ethyl adjacent to an activating group) is 2. The highest BCUT2D eigenvalue weighted by Crippen LogP contribution is 2.25. The first-order valence-electron chi connectivity index (χ1n) is 7.80. The second kappa shape index (κ2) is 6.10. The Morgan fingerprint density at radius 3 is 2.26 bits per heavy atom. The minimum absolute atomic E-state index is 0.0545. The zero-order valence-corrected chi connectivity index (χ0v) is 14.5. The molecule has 2 aliphatic rings. The van der Waals surface area contributed by atoms with Gasteiger partial charge in [-0.3, -0.25) is 24.0 Å². The van der Waals surface area contributed by atoms with Crippen LogP contribution in [0.15, 0.2) is 4.99 Å². The van der Waals surface area contributed by atoms with Gasteiger partial charge in [0.1, 0.15) is 6.04 Å². The van der Waals surface area contributed by atoms with Gasteiger partial charge in [-0.15, -0.1) is 0 Å². The lowest BCUT2D eigenvalue weighted by molar-refractivity contribution is -0.526. The molecular formula is C15H24N5O3+. The van der Waals surface area contributed by atoms with E-state index in [0.717, 1.165) is 4.90 Å². The van der Waals surface area contributed by atoms with Crippen molar-refractivity contribution in [3.05, 3.63) is 0 Å². The fourth-order valence-corrected chi connectivity index (χ4v) is 2.88. The van der Waals surface area contributed by atoms with Crippen molar-refractivity contribution in [3.63, 3.8) is 0 Å². The third-order valence-corrected chi connectivity index (χ3v) is 4.50. The first-order chi connectivity index (χ1) is 10.8. The standard InChI is InChI=1S/C15H24N5O3/c1-7-19(8-2)14-16-12-11(20(14)9(3)10(4)21)13(22)18(6)15(23)17(12)5/h9,11H,7-8H2,1-6H3/q+1. The Morgan fingerprint density at radius 2 is 1.78 bits per heavy atom. The normalized spacial score (nSPS) is 22.3. The van der Waals surface area contributed by atoms with Gasteiger partial charge in [-0.2, -0.15) is 0 Å². The summed E-state index contributed by atoms with van der Waals surface area (Å²) in [5, 5.41) is 0. The van der Waals surface area contributed by atoms with E-state index in [0.29, 0.717) is 24.9 Å². The van der Waals surface area contributed by atoms with Crippen molar-refractivity contribution in [2.24, 2.45) is 4.99 Å². The van der Waals surface area contributed by atoms with Crippen molar-refractivity contribution in [3.8, 4) is 0 Å². The Hall–Kier alpha value is -2.25. The van der Waals surface area contributed by atoms with E-state index < -0.39 is 18.1 Å². The van der Waals surface area contributed by atoms with Gasteiger partial charge in [0.2, 0.25) is 11.9 Å². The fraction of sp³-hybridized carbons (Fsp3) is 0.667. The number of Topliss-reactive ketones (excluding diaryl/α,β-unsaturated/α-hetero) is 1. The smallest absolute Gasteiger partial charge is 0.296 e. The molecule has 8 heteroatoms. The number of aliphatic imine (C=N–C) groups is 1. The Morgan fingerprint density at radius 1 is 1.22 bits per heavy atom. The lowest BCUT2D eigenvalue weighted by Crippen LogP contribution is -2.64. The third kappa shape index (κ3) is 2.51. The summed E-state index contributed by atoms with van der Waals surface area (Å²) in [6, 6.07) is -1.66. The number of nitrogens with zero attached hydrogens (tertiary/aromatic N) is 5. The van der Waals surface area contributed by atoms with Gasteiger partial charge in [-0.1, -0.05) is 4.99 Å². The van der Waals surface area contributed by atoms with Crippen LogP contribution in [0.4, 0.5) is 4.79 Å². The van der Waals surface area contributed by atoms with E-state index in [2.05, 4.69) is 4.99 Å². The quantitative estimate of drug-likeness (QED) is 0.682. The zero-order valence-electron chi connectivity index (χ0n) is 14.5. The summed E-state index contributed by atoms with van der Waals surface area (Å²) >= 11 is 0. The van der Waals surface area contributed by atoms with Crippen LogP contribution in [-0.2, 0) is 9.59 Å². The predicted octanol–water partition coefficient (Wildman–Crippen LogP) is -0.0213. The molecule has 0 aromatic carbocycles. The number of urea groups is 1. The van der Waals surface area contributed by atoms with Crippen LogP contribution in [0.3, 0.4) is 0 Å². The predicted molar refractivity (Wildman–Crippen MR) is 85.5 cm³/mol. The largest absolute Gasteiger partial charge is 0.393 e. The molecule has 2 atom stereocenters. The van der Waals surface area contributed by atoms with Crippen LogP contribution in [0.25, 0.3) is 0 Å². The molecular weight excluding hydrogens is 298 g/mol. The number of ketones is 1. The number of rotatable bonds is 4. The second-order valence-corrected chi connectivity index (χ2v) is 5.78. The van der Waals surface area contributed by atoms with Gasteiger partial charge < -0.3 is 0 Å². The minimum atomic E-state index is -0.739. The van der Waals surface area contributed by atoms with E-state index in [9.17, 15) is 14.4 Å². The number of amidine groups is 1. The van der Waals surface area contributed by atoms with E-state index >= 15 is 0 Å². The minimum Gasteiger partial charge on any atom is -0.296 e. The molecule has 0 bridgehead atoms. The Balaban J connectivity index is 2.63. The lowest BCUT2D eigenvalue weighted by atomic mass is 10.1. The van der Waals surface area contributed by atoms with Crippen molar-refractivity contribution >= 4 is 29.5 Å². The summed E-state index contributed by atoms with van der Waals surface area (Å²) in [7, 11) is 3.04. The van der Waals surface area contributed by atoms with Crippen LogP contribution in [0, 0.1) is 0 Å². The molecule has 2 unspecified atom stereocenters. The average molecular weight is 322 g/mol. The monoisotopic (exact) mass is 322 g/mol. The van der Waals surface area contributed by atoms with E-state index in [1.807, 2.05) is 18.4 Å². The van der Waals surface area contributed by atoms with Crippen molar-refractivity contribution < 1.29 is 19.0 Å². The SMILES string of the molecule is CC[N+](CC)=C1N=C2C(C(=O)N(C)C(=O)N2C)N1C(C)C(C)=O. The van der Waals surface area contributed by atoms with E-state index in [-0.39, 0.29) is 11.7 Å². The average Bonchev–Trinajstić information content (AvgIpc) is 2.91. The van der Waals surface area contributed by atoms with E-state index in [1.165, 1.54) is 18.9 Å². The van der Waals surface area contributed by atoms with Gasteiger partial charge in [-0.25, -0.2) is 9.69 Å². The van der Waals surface area contributed by atoms with Gasteiger partial charge in [0.15, 0.2) is 5.78 Å². The Bertz CT molecular complexity index is 619. The maximum atomic E-state index is 12.7. The van der Waals surface area contributed by atoms with Crippen LogP contribution in [-0.4, -0.2) is 88.1 Å². The molecule has 126 valence electrons. The molecule has 1 saturated heterocycles. The number of imide groups is 1. The maximum absolute atomic E-state index is 12.7. The van der Waals surface area contributed by atoms with Crippen LogP contribution >= 0.6 is 0 Å². The first-order valence-corrected chi connectivity index (χ1v) is 7.80. The number of carbonyl (C=O) groups excluding carboxylic acids is 3. The van der Waals surface area contributed by atoms with Crippen molar-refractivity contribution in [1.29, 1.82) is 0 Å². The number of amides is 3. The molecule has 1 fully saturated rings. The highest BCUT2D eigenvalue weighted by atomic mass is 16.2. The highest BCUT2D eigenvalue weighted by molar-refractivity contribution is 6.25. The number of hydrogen-bond acceptors (Lipinski definition) is 3. The van der Waals surface area contributed by atoms with Gasteiger partial charge in [0.05, 0.1) is 13.1 Å². The molecule has 0 aromatic rings. The highest BCUT2D eigenvalue weighted by Gasteiger charge is 2.57. The summed E-state index contributed by atoms with van der Waals surface area (Å²) in [4.78, 5) is 45.5. The van der Waals surface area contributed by atoms with E-state index in [4.69, 9.17) is 0 Å². The van der Waals surface area contributed by atoms with Crippen molar-refractivity contribution in [1.82, 2.24) is 14.7 Å². The second-order valence-electron chi connectivity index (χ2n) is 5.78. The first kappa shape index (κ1) is 17.1. The summed E-state index contributed by atoms with van der Waals surface area (Å²) in [5.74, 6) is 0.539. The number of guanidine groups is 1. The topological polar surface area (TPSA) is 76.3 Å². The molecule has 0 saturated carbocycles. The molecule has 0 radical (unpaired) electrons. The maximum Gasteiger partial charge on any atom is 0.393 e. The van der Waals surface area contributed by atoms with Crippen LogP contribution in [0.5, 0.6) is 0 Å². The number of fused-ring (bicyclic) bond motifs is 1. The van der Waals surface area contributed by atoms with Gasteiger partial charge in [0, 0.05) is 14.1 Å². The van der Waals surface area contributed by atoms with Gasteiger partial charge >= 0.3 is 12.0 Å². The van der Waals surface area contributed by atoms with Crippen molar-refractivity contribution in [2.75, 3.05) is 27.2 Å². The zero-order chi connectivity index (χ0) is 17.5. The molecule has 0 aliphatic carbocycles. The van der Waals surface area contributed by atoms with Crippen molar-refractivity contribution in [2.45, 2.75) is 39.8 Å². The molecule has 0 aromatic heterocycles. The van der Waals surface area contributed by atoms with Crippen LogP contribution < -0.4 is 0 Å². The van der Waals surface area contributed by atoms with E-state index in [1.54, 1.807) is 18.9 Å². The molecule has 2 aliphatic heterocycles. The van der Waals surface area contributed by atoms with Crippen LogP contribution in [0.1, 0.15) is 27.7 Å². The third-order valence-electron chi connectivity index (χ3n) is 4.50. The number of carbonyl (C=O) groups is 3. The molecule has 0 N–H and O–H groups in total. The molecule has 8 nitrogen and oxygen atoms in total. The fourth-order valence-electron chi connectivity index (χ4n) is 2.88. The Labute approximate surface area is 136 Å². The molecule has 2 heterocycles. The number of hydrogen-bond donors (Lipinski definition) is 0. The summed E-state index contributed by atoms with van der Waals surface area (Å²) in [6.45, 7) is 8.61. The lowest BCUT2D eigenvalue weighted by Gasteiger charge is -2.34. The molecule has 0 spiro atoms. The van der Waals surface area contributed by atoms with Crippen LogP contribution in [0.2, 0.25) is 0 Å².